The highest BCUT2D eigenvalue weighted by molar-refractivity contribution is 5.68. The second kappa shape index (κ2) is 7.06. The molecule has 4 heteroatoms. The largest absolute Gasteiger partial charge is 0.469 e. The van der Waals surface area contributed by atoms with Gasteiger partial charge in [0.25, 0.3) is 0 Å². The van der Waals surface area contributed by atoms with Gasteiger partial charge in [-0.05, 0) is 19.3 Å². The van der Waals surface area contributed by atoms with Crippen LogP contribution >= 0.6 is 0 Å². The lowest BCUT2D eigenvalue weighted by Crippen LogP contribution is -2.08. The maximum atomic E-state index is 10.6. The van der Waals surface area contributed by atoms with E-state index < -0.39 is 6.29 Å². The summed E-state index contributed by atoms with van der Waals surface area (Å²) in [6.45, 7) is 0. The Bertz CT molecular complexity index is 124. The summed E-state index contributed by atoms with van der Waals surface area (Å²) in [5.74, 6) is -0.207. The van der Waals surface area contributed by atoms with Gasteiger partial charge in [-0.25, -0.2) is 0 Å². The number of aliphatic hydroxyl groups excluding tert-OH is 1. The summed E-state index contributed by atoms with van der Waals surface area (Å²) in [7, 11) is 2.82. The molecule has 0 aliphatic heterocycles. The number of aliphatic hydroxyl groups is 1. The molecule has 0 saturated heterocycles. The Morgan fingerprint density at radius 3 is 2.58 bits per heavy atom. The third-order valence-electron chi connectivity index (χ3n) is 1.58. The topological polar surface area (TPSA) is 55.8 Å². The van der Waals surface area contributed by atoms with E-state index in [2.05, 4.69) is 9.47 Å². The van der Waals surface area contributed by atoms with E-state index in [0.29, 0.717) is 12.8 Å². The van der Waals surface area contributed by atoms with Gasteiger partial charge in [0.15, 0.2) is 6.29 Å². The lowest BCUT2D eigenvalue weighted by Gasteiger charge is -2.06. The monoisotopic (exact) mass is 176 g/mol. The van der Waals surface area contributed by atoms with Crippen LogP contribution in [0.15, 0.2) is 0 Å². The van der Waals surface area contributed by atoms with Crippen LogP contribution in [0.4, 0.5) is 0 Å². The normalized spacial score (nSPS) is 12.6. The molecule has 1 unspecified atom stereocenters. The number of carbonyl (C=O) groups is 1. The average molecular weight is 176 g/mol. The first-order valence-corrected chi connectivity index (χ1v) is 3.98. The van der Waals surface area contributed by atoms with Gasteiger partial charge in [0.05, 0.1) is 7.11 Å². The molecule has 0 aromatic rings. The molecule has 0 bridgehead atoms. The summed E-state index contributed by atoms with van der Waals surface area (Å²) in [5, 5.41) is 8.94. The molecule has 0 rings (SSSR count). The molecular weight excluding hydrogens is 160 g/mol. The molecule has 1 N–H and O–H groups in total. The molecule has 0 fully saturated rings. The van der Waals surface area contributed by atoms with Crippen LogP contribution in [0.5, 0.6) is 0 Å². The minimum Gasteiger partial charge on any atom is -0.469 e. The fraction of sp³-hybridized carbons (Fsp3) is 0.875. The Morgan fingerprint density at radius 2 is 2.08 bits per heavy atom. The van der Waals surface area contributed by atoms with Gasteiger partial charge in [-0.15, -0.1) is 0 Å². The Morgan fingerprint density at radius 1 is 1.42 bits per heavy atom. The van der Waals surface area contributed by atoms with E-state index in [4.69, 9.17) is 5.11 Å². The van der Waals surface area contributed by atoms with Crippen molar-refractivity contribution in [2.24, 2.45) is 0 Å². The summed E-state index contributed by atoms with van der Waals surface area (Å²) in [4.78, 5) is 10.6. The Hall–Kier alpha value is -0.610. The SMILES string of the molecule is COC(=O)CCCCC(O)OC. The van der Waals surface area contributed by atoms with Gasteiger partial charge in [-0.3, -0.25) is 4.79 Å². The van der Waals surface area contributed by atoms with Crippen molar-refractivity contribution in [3.05, 3.63) is 0 Å². The first-order chi connectivity index (χ1) is 5.70. The predicted molar refractivity (Wildman–Crippen MR) is 43.5 cm³/mol. The van der Waals surface area contributed by atoms with Crippen molar-refractivity contribution in [2.75, 3.05) is 14.2 Å². The number of ether oxygens (including phenoxy) is 2. The van der Waals surface area contributed by atoms with E-state index in [-0.39, 0.29) is 5.97 Å². The van der Waals surface area contributed by atoms with E-state index >= 15 is 0 Å². The number of carbonyl (C=O) groups excluding carboxylic acids is 1. The molecule has 4 nitrogen and oxygen atoms in total. The minimum atomic E-state index is -0.706. The van der Waals surface area contributed by atoms with Crippen LogP contribution < -0.4 is 0 Å². The van der Waals surface area contributed by atoms with Crippen LogP contribution in [0.3, 0.4) is 0 Å². The smallest absolute Gasteiger partial charge is 0.305 e. The molecule has 0 saturated carbocycles. The third kappa shape index (κ3) is 6.12. The summed E-state index contributed by atoms with van der Waals surface area (Å²) >= 11 is 0. The molecule has 1 atom stereocenters. The second-order valence-electron chi connectivity index (χ2n) is 2.51. The second-order valence-corrected chi connectivity index (χ2v) is 2.51. The van der Waals surface area contributed by atoms with Crippen molar-refractivity contribution in [2.45, 2.75) is 32.0 Å². The van der Waals surface area contributed by atoms with Crippen LogP contribution in [0.2, 0.25) is 0 Å². The first kappa shape index (κ1) is 11.4. The van der Waals surface area contributed by atoms with Gasteiger partial charge in [-0.2, -0.15) is 0 Å². The van der Waals surface area contributed by atoms with Crippen molar-refractivity contribution in [1.29, 1.82) is 0 Å². The molecule has 72 valence electrons. The molecule has 0 amide bonds. The first-order valence-electron chi connectivity index (χ1n) is 3.98. The molecule has 0 aliphatic carbocycles. The number of methoxy groups -OCH3 is 2. The van der Waals surface area contributed by atoms with Crippen molar-refractivity contribution in [3.63, 3.8) is 0 Å². The molecular formula is C8H16O4. The van der Waals surface area contributed by atoms with Crippen molar-refractivity contribution in [3.8, 4) is 0 Å². The maximum Gasteiger partial charge on any atom is 0.305 e. The van der Waals surface area contributed by atoms with E-state index in [1.54, 1.807) is 0 Å². The van der Waals surface area contributed by atoms with Crippen LogP contribution in [-0.4, -0.2) is 31.6 Å². The Balaban J connectivity index is 3.15. The molecule has 0 aliphatic rings. The number of esters is 1. The number of unbranched alkanes of at least 4 members (excludes halogenated alkanes) is 1. The number of hydrogen-bond donors (Lipinski definition) is 1. The van der Waals surface area contributed by atoms with Crippen LogP contribution in [0.25, 0.3) is 0 Å². The fourth-order valence-electron chi connectivity index (χ4n) is 0.808. The maximum absolute atomic E-state index is 10.6. The zero-order chi connectivity index (χ0) is 9.40. The summed E-state index contributed by atoms with van der Waals surface area (Å²) in [6.07, 6.45) is 1.76. The highest BCUT2D eigenvalue weighted by Gasteiger charge is 2.03. The predicted octanol–water partition coefficient (Wildman–Crippen LogP) is 0.685. The van der Waals surface area contributed by atoms with Crippen molar-refractivity contribution >= 4 is 5.97 Å². The molecule has 0 heterocycles. The Labute approximate surface area is 72.5 Å². The van der Waals surface area contributed by atoms with Gasteiger partial charge in [0, 0.05) is 13.5 Å². The highest BCUT2D eigenvalue weighted by Crippen LogP contribution is 2.04. The summed E-state index contributed by atoms with van der Waals surface area (Å²) in [6, 6.07) is 0. The molecule has 0 radical (unpaired) electrons. The van der Waals surface area contributed by atoms with Gasteiger partial charge >= 0.3 is 5.97 Å². The minimum absolute atomic E-state index is 0.207. The Kier molecular flexibility index (Phi) is 6.70. The summed E-state index contributed by atoms with van der Waals surface area (Å²) < 4.78 is 9.07. The molecule has 12 heavy (non-hydrogen) atoms. The zero-order valence-corrected chi connectivity index (χ0v) is 7.58. The fourth-order valence-corrected chi connectivity index (χ4v) is 0.808. The standard InChI is InChI=1S/C8H16O4/c1-11-7(9)5-3-4-6-8(10)12-2/h7,9H,3-6H2,1-2H3. The number of hydrogen-bond acceptors (Lipinski definition) is 4. The highest BCUT2D eigenvalue weighted by atomic mass is 16.6. The molecule has 0 aromatic carbocycles. The quantitative estimate of drug-likeness (QED) is 0.367. The van der Waals surface area contributed by atoms with Crippen LogP contribution in [-0.2, 0) is 14.3 Å². The molecule has 0 aromatic heterocycles. The van der Waals surface area contributed by atoms with Gasteiger partial charge in [0.1, 0.15) is 0 Å². The third-order valence-corrected chi connectivity index (χ3v) is 1.58. The zero-order valence-electron chi connectivity index (χ0n) is 7.58. The van der Waals surface area contributed by atoms with Crippen LogP contribution in [0, 0.1) is 0 Å². The average Bonchev–Trinajstić information content (AvgIpc) is 2.11. The summed E-state index contributed by atoms with van der Waals surface area (Å²) in [5.41, 5.74) is 0. The lowest BCUT2D eigenvalue weighted by atomic mass is 10.2. The van der Waals surface area contributed by atoms with Crippen molar-refractivity contribution in [1.82, 2.24) is 0 Å². The van der Waals surface area contributed by atoms with Crippen LogP contribution in [0.1, 0.15) is 25.7 Å². The van der Waals surface area contributed by atoms with E-state index in [9.17, 15) is 4.79 Å². The molecule has 0 spiro atoms. The van der Waals surface area contributed by atoms with Gasteiger partial charge < -0.3 is 14.6 Å². The van der Waals surface area contributed by atoms with E-state index in [1.807, 2.05) is 0 Å². The lowest BCUT2D eigenvalue weighted by molar-refractivity contribution is -0.140. The van der Waals surface area contributed by atoms with Gasteiger partial charge in [0.2, 0.25) is 0 Å². The van der Waals surface area contributed by atoms with E-state index in [1.165, 1.54) is 14.2 Å². The van der Waals surface area contributed by atoms with Crippen molar-refractivity contribution < 1.29 is 19.4 Å². The number of rotatable bonds is 6. The van der Waals surface area contributed by atoms with Gasteiger partial charge in [-0.1, -0.05) is 0 Å². The van der Waals surface area contributed by atoms with E-state index in [0.717, 1.165) is 12.8 Å².